The molecule has 2 aliphatic carbocycles. The zero-order valence-electron chi connectivity index (χ0n) is 31.6. The fourth-order valence-corrected chi connectivity index (χ4v) is 13.0. The van der Waals surface area contributed by atoms with E-state index in [0.717, 1.165) is 16.3 Å². The zero-order chi connectivity index (χ0) is 37.5. The Labute approximate surface area is 328 Å². The quantitative estimate of drug-likeness (QED) is 0.192. The first-order valence-corrected chi connectivity index (χ1v) is 21.7. The van der Waals surface area contributed by atoms with Crippen LogP contribution in [-0.4, -0.2) is 25.2 Å². The van der Waals surface area contributed by atoms with Crippen molar-refractivity contribution in [3.8, 4) is 27.9 Å². The molecule has 1 aliphatic heterocycles. The summed E-state index contributed by atoms with van der Waals surface area (Å²) < 4.78 is 16.7. The standard InChI is InChI=1S/C52H40N2OS/c1-52(2)44-16-8-4-12-36(44)37-24-20-33(29-45(37)52)32-21-25-48-41(28-32)42-30-34(53-46-17-9-5-13-38(46)39-14-6-10-18-47(39)53)22-26-49(42)54(48)35-23-27-51-43(31-35)40-15-7-11-19-50(40)56(51,3)55/h4-31,43,51,55H,1-3H3. The molecule has 3 heterocycles. The Morgan fingerprint density at radius 2 is 1.16 bits per heavy atom. The van der Waals surface area contributed by atoms with Crippen molar-refractivity contribution < 1.29 is 4.55 Å². The first kappa shape index (κ1) is 32.2. The van der Waals surface area contributed by atoms with Gasteiger partial charge in [-0.1, -0.05) is 123 Å². The van der Waals surface area contributed by atoms with E-state index in [0.29, 0.717) is 0 Å². The minimum atomic E-state index is -1.96. The Bertz CT molecular complexity index is 3170. The lowest BCUT2D eigenvalue weighted by Crippen LogP contribution is -2.18. The molecule has 270 valence electrons. The number of fused-ring (bicyclic) bond motifs is 12. The number of hydrogen-bond acceptors (Lipinski definition) is 1. The molecule has 0 fully saturated rings. The zero-order valence-corrected chi connectivity index (χ0v) is 32.4. The molecule has 3 nitrogen and oxygen atoms in total. The van der Waals surface area contributed by atoms with Gasteiger partial charge >= 0.3 is 0 Å². The molecule has 0 saturated heterocycles. The van der Waals surface area contributed by atoms with Gasteiger partial charge in [-0.3, -0.25) is 0 Å². The minimum absolute atomic E-state index is 0.0673. The predicted octanol–water partition coefficient (Wildman–Crippen LogP) is 13.7. The molecule has 0 bridgehead atoms. The third-order valence-corrected chi connectivity index (χ3v) is 15.9. The van der Waals surface area contributed by atoms with Gasteiger partial charge in [0, 0.05) is 54.4 Å². The van der Waals surface area contributed by atoms with E-state index in [1.165, 1.54) is 82.6 Å². The van der Waals surface area contributed by atoms with Crippen molar-refractivity contribution in [1.29, 1.82) is 0 Å². The van der Waals surface area contributed by atoms with Crippen LogP contribution in [0.3, 0.4) is 0 Å². The molecule has 4 heteroatoms. The summed E-state index contributed by atoms with van der Waals surface area (Å²) in [6, 6.07) is 56.0. The summed E-state index contributed by atoms with van der Waals surface area (Å²) in [6.45, 7) is 4.71. The van der Waals surface area contributed by atoms with E-state index in [9.17, 15) is 4.55 Å². The van der Waals surface area contributed by atoms with Crippen LogP contribution in [0.15, 0.2) is 175 Å². The lowest BCUT2D eigenvalue weighted by Gasteiger charge is -2.33. The average Bonchev–Trinajstić information content (AvgIpc) is 3.89. The summed E-state index contributed by atoms with van der Waals surface area (Å²) in [5, 5.41) is 5.04. The van der Waals surface area contributed by atoms with E-state index in [4.69, 9.17) is 0 Å². The van der Waals surface area contributed by atoms with Crippen LogP contribution in [-0.2, 0) is 5.41 Å². The predicted molar refractivity (Wildman–Crippen MR) is 238 cm³/mol. The Hall–Kier alpha value is -6.07. The molecule has 3 aliphatic rings. The monoisotopic (exact) mass is 740 g/mol. The molecular weight excluding hydrogens is 701 g/mol. The number of rotatable bonds is 3. The fourth-order valence-electron chi connectivity index (χ4n) is 10.5. The molecule has 56 heavy (non-hydrogen) atoms. The van der Waals surface area contributed by atoms with E-state index < -0.39 is 10.3 Å². The second-order valence-corrected chi connectivity index (χ2v) is 19.3. The summed E-state index contributed by atoms with van der Waals surface area (Å²) in [4.78, 5) is 1.11. The summed E-state index contributed by atoms with van der Waals surface area (Å²) in [5.41, 5.74) is 16.2. The maximum atomic E-state index is 11.8. The van der Waals surface area contributed by atoms with Crippen LogP contribution in [0.4, 0.5) is 0 Å². The highest BCUT2D eigenvalue weighted by molar-refractivity contribution is 8.29. The van der Waals surface area contributed by atoms with Gasteiger partial charge in [0.2, 0.25) is 0 Å². The van der Waals surface area contributed by atoms with Gasteiger partial charge in [0.25, 0.3) is 0 Å². The van der Waals surface area contributed by atoms with Gasteiger partial charge in [-0.05, 0) is 106 Å². The number of benzene rings is 7. The van der Waals surface area contributed by atoms with Crippen LogP contribution in [0, 0.1) is 0 Å². The topological polar surface area (TPSA) is 30.1 Å². The fraction of sp³-hybridized carbons (Fsp3) is 0.115. The summed E-state index contributed by atoms with van der Waals surface area (Å²) >= 11 is 0. The van der Waals surface area contributed by atoms with Gasteiger partial charge < -0.3 is 13.7 Å². The van der Waals surface area contributed by atoms with Gasteiger partial charge in [0.15, 0.2) is 0 Å². The minimum Gasteiger partial charge on any atom is -0.347 e. The smallest absolute Gasteiger partial charge is 0.0542 e. The van der Waals surface area contributed by atoms with Gasteiger partial charge in [0.05, 0.1) is 22.1 Å². The number of hydrogen-bond donors (Lipinski definition) is 1. The van der Waals surface area contributed by atoms with Crippen molar-refractivity contribution in [2.45, 2.75) is 35.3 Å². The summed E-state index contributed by atoms with van der Waals surface area (Å²) in [7, 11) is -1.96. The van der Waals surface area contributed by atoms with E-state index in [-0.39, 0.29) is 16.6 Å². The third-order valence-electron chi connectivity index (χ3n) is 13.2. The molecule has 1 N–H and O–H groups in total. The van der Waals surface area contributed by atoms with Crippen LogP contribution < -0.4 is 0 Å². The first-order chi connectivity index (χ1) is 27.3. The maximum Gasteiger partial charge on any atom is 0.0542 e. The molecular formula is C52H40N2OS. The normalized spacial score (nSPS) is 21.5. The lowest BCUT2D eigenvalue weighted by molar-refractivity contribution is 0.625. The molecule has 12 rings (SSSR count). The number of allylic oxidation sites excluding steroid dienone is 3. The summed E-state index contributed by atoms with van der Waals surface area (Å²) in [5.74, 6) is 0.124. The highest BCUT2D eigenvalue weighted by Gasteiger charge is 2.44. The van der Waals surface area contributed by atoms with E-state index in [1.807, 2.05) is 0 Å². The van der Waals surface area contributed by atoms with Gasteiger partial charge in [-0.25, -0.2) is 0 Å². The van der Waals surface area contributed by atoms with Crippen molar-refractivity contribution in [2.24, 2.45) is 0 Å². The van der Waals surface area contributed by atoms with Crippen molar-refractivity contribution in [2.75, 3.05) is 6.26 Å². The maximum absolute atomic E-state index is 11.8. The Morgan fingerprint density at radius 1 is 0.554 bits per heavy atom. The van der Waals surface area contributed by atoms with Gasteiger partial charge in [0.1, 0.15) is 0 Å². The highest BCUT2D eigenvalue weighted by Crippen LogP contribution is 2.66. The lowest BCUT2D eigenvalue weighted by atomic mass is 9.81. The summed E-state index contributed by atoms with van der Waals surface area (Å²) in [6.07, 6.45) is 8.99. The Balaban J connectivity index is 1.09. The van der Waals surface area contributed by atoms with Crippen molar-refractivity contribution in [3.05, 3.63) is 187 Å². The number of para-hydroxylation sites is 2. The van der Waals surface area contributed by atoms with E-state index in [1.54, 1.807) is 0 Å². The second kappa shape index (κ2) is 11.3. The first-order valence-electron chi connectivity index (χ1n) is 19.6. The highest BCUT2D eigenvalue weighted by atomic mass is 32.3. The third kappa shape index (κ3) is 4.23. The van der Waals surface area contributed by atoms with Crippen LogP contribution in [0.25, 0.3) is 77.2 Å². The average molecular weight is 741 g/mol. The molecule has 9 aromatic rings. The second-order valence-electron chi connectivity index (χ2n) is 16.5. The van der Waals surface area contributed by atoms with Crippen LogP contribution in [0.5, 0.6) is 0 Å². The van der Waals surface area contributed by atoms with Crippen LogP contribution >= 0.6 is 10.3 Å². The molecule has 0 spiro atoms. The molecule has 2 aromatic heterocycles. The van der Waals surface area contributed by atoms with E-state index >= 15 is 0 Å². The molecule has 7 aromatic carbocycles. The SMILES string of the molecule is CC1(C)c2ccccc2-c2ccc(-c3ccc4c(c3)c3cc(-n5c6ccccc6c6ccccc65)ccc3n4C3=CC4c5ccccc5S(C)(O)C4C=C3)cc21. The van der Waals surface area contributed by atoms with Crippen molar-refractivity contribution in [3.63, 3.8) is 0 Å². The van der Waals surface area contributed by atoms with Crippen molar-refractivity contribution >= 4 is 59.6 Å². The number of nitrogens with zero attached hydrogens (tertiary/aromatic N) is 2. The Kier molecular flexibility index (Phi) is 6.47. The number of aromatic nitrogens is 2. The Morgan fingerprint density at radius 3 is 1.96 bits per heavy atom. The van der Waals surface area contributed by atoms with Gasteiger partial charge in [-0.2, -0.15) is 0 Å². The molecule has 0 amide bonds. The van der Waals surface area contributed by atoms with E-state index in [2.05, 4.69) is 199 Å². The van der Waals surface area contributed by atoms with Crippen LogP contribution in [0.1, 0.15) is 36.5 Å². The molecule has 3 unspecified atom stereocenters. The van der Waals surface area contributed by atoms with Crippen LogP contribution in [0.2, 0.25) is 0 Å². The van der Waals surface area contributed by atoms with Gasteiger partial charge in [-0.15, -0.1) is 10.3 Å². The largest absolute Gasteiger partial charge is 0.347 e. The molecule has 3 atom stereocenters. The molecule has 0 saturated carbocycles. The van der Waals surface area contributed by atoms with Crippen molar-refractivity contribution in [1.82, 2.24) is 9.13 Å². The molecule has 0 radical (unpaired) electrons.